The molecule has 1 aromatic rings. The maximum atomic E-state index is 9.16. The van der Waals surface area contributed by atoms with Crippen LogP contribution in [0.2, 0.25) is 0 Å². The van der Waals surface area contributed by atoms with Crippen molar-refractivity contribution in [2.75, 3.05) is 26.2 Å². The molecule has 0 unspecified atom stereocenters. The second kappa shape index (κ2) is 6.00. The quantitative estimate of drug-likeness (QED) is 0.829. The standard InChI is InChI=1S/C15H19N5/c1-15(2,12-17)20-7-5-19(6-8-20)11-13-3-4-18-14(9-13)10-16/h3-4,9H,5-8,11H2,1-2H3. The predicted octanol–water partition coefficient (Wildman–Crippen LogP) is 1.37. The first-order chi connectivity index (χ1) is 9.55. The lowest BCUT2D eigenvalue weighted by Gasteiger charge is -2.40. The Bertz CT molecular complexity index is 544. The van der Waals surface area contributed by atoms with E-state index in [2.05, 4.69) is 26.9 Å². The van der Waals surface area contributed by atoms with Gasteiger partial charge >= 0.3 is 0 Å². The van der Waals surface area contributed by atoms with Crippen molar-refractivity contribution in [2.45, 2.75) is 25.9 Å². The van der Waals surface area contributed by atoms with Crippen LogP contribution in [-0.2, 0) is 6.54 Å². The summed E-state index contributed by atoms with van der Waals surface area (Å²) in [6.07, 6.45) is 1.68. The van der Waals surface area contributed by atoms with E-state index in [4.69, 9.17) is 10.5 Å². The molecule has 0 aromatic carbocycles. The maximum absolute atomic E-state index is 9.16. The third-order valence-electron chi connectivity index (χ3n) is 3.78. The monoisotopic (exact) mass is 269 g/mol. The number of hydrogen-bond donors (Lipinski definition) is 0. The van der Waals surface area contributed by atoms with E-state index in [1.165, 1.54) is 0 Å². The molecule has 0 radical (unpaired) electrons. The molecule has 0 bridgehead atoms. The number of rotatable bonds is 3. The summed E-state index contributed by atoms with van der Waals surface area (Å²) in [5.74, 6) is 0. The first kappa shape index (κ1) is 14.5. The summed E-state index contributed by atoms with van der Waals surface area (Å²) in [6, 6.07) is 8.21. The number of hydrogen-bond acceptors (Lipinski definition) is 5. The molecule has 0 saturated carbocycles. The molecule has 0 N–H and O–H groups in total. The van der Waals surface area contributed by atoms with Gasteiger partial charge in [-0.05, 0) is 31.5 Å². The Balaban J connectivity index is 1.92. The van der Waals surface area contributed by atoms with Crippen LogP contribution in [0.15, 0.2) is 18.3 Å². The molecule has 1 aliphatic rings. The largest absolute Gasteiger partial charge is 0.297 e. The van der Waals surface area contributed by atoms with Crippen molar-refractivity contribution >= 4 is 0 Å². The highest BCUT2D eigenvalue weighted by atomic mass is 15.3. The molecule has 2 heterocycles. The van der Waals surface area contributed by atoms with E-state index in [-0.39, 0.29) is 0 Å². The Morgan fingerprint density at radius 2 is 1.95 bits per heavy atom. The first-order valence-corrected chi connectivity index (χ1v) is 6.79. The van der Waals surface area contributed by atoms with Crippen molar-refractivity contribution in [1.29, 1.82) is 10.5 Å². The lowest BCUT2D eigenvalue weighted by atomic mass is 10.0. The summed E-state index contributed by atoms with van der Waals surface area (Å²) in [5.41, 5.74) is 1.19. The average molecular weight is 269 g/mol. The van der Waals surface area contributed by atoms with Crippen LogP contribution < -0.4 is 0 Å². The lowest BCUT2D eigenvalue weighted by molar-refractivity contribution is 0.0764. The minimum Gasteiger partial charge on any atom is -0.297 e. The second-order valence-electron chi connectivity index (χ2n) is 5.60. The van der Waals surface area contributed by atoms with Crippen LogP contribution in [-0.4, -0.2) is 46.5 Å². The summed E-state index contributed by atoms with van der Waals surface area (Å²) >= 11 is 0. The zero-order valence-corrected chi connectivity index (χ0v) is 12.0. The zero-order valence-electron chi connectivity index (χ0n) is 12.0. The highest BCUT2D eigenvalue weighted by Crippen LogP contribution is 2.17. The fraction of sp³-hybridized carbons (Fsp3) is 0.533. The van der Waals surface area contributed by atoms with Gasteiger partial charge in [0.25, 0.3) is 0 Å². The molecule has 0 amide bonds. The van der Waals surface area contributed by atoms with Crippen LogP contribution in [0.4, 0.5) is 0 Å². The fourth-order valence-corrected chi connectivity index (χ4v) is 2.43. The van der Waals surface area contributed by atoms with Crippen LogP contribution in [0.1, 0.15) is 25.1 Å². The van der Waals surface area contributed by atoms with E-state index in [1.807, 2.05) is 26.0 Å². The highest BCUT2D eigenvalue weighted by molar-refractivity contribution is 5.25. The smallest absolute Gasteiger partial charge is 0.140 e. The predicted molar refractivity (Wildman–Crippen MR) is 75.5 cm³/mol. The van der Waals surface area contributed by atoms with Gasteiger partial charge in [-0.25, -0.2) is 4.98 Å². The third kappa shape index (κ3) is 3.33. The van der Waals surface area contributed by atoms with E-state index in [0.717, 1.165) is 38.3 Å². The van der Waals surface area contributed by atoms with Crippen molar-refractivity contribution in [3.63, 3.8) is 0 Å². The van der Waals surface area contributed by atoms with Crippen LogP contribution in [0.25, 0.3) is 0 Å². The van der Waals surface area contributed by atoms with Gasteiger partial charge in [-0.1, -0.05) is 0 Å². The fourth-order valence-electron chi connectivity index (χ4n) is 2.43. The Morgan fingerprint density at radius 1 is 1.25 bits per heavy atom. The normalized spacial score (nSPS) is 17.4. The highest BCUT2D eigenvalue weighted by Gasteiger charge is 2.29. The van der Waals surface area contributed by atoms with Crippen molar-refractivity contribution in [1.82, 2.24) is 14.8 Å². The van der Waals surface area contributed by atoms with Gasteiger partial charge in [0, 0.05) is 38.9 Å². The van der Waals surface area contributed by atoms with Crippen LogP contribution >= 0.6 is 0 Å². The molecule has 5 heteroatoms. The molecular weight excluding hydrogens is 250 g/mol. The van der Waals surface area contributed by atoms with Crippen molar-refractivity contribution in [2.24, 2.45) is 0 Å². The van der Waals surface area contributed by atoms with Gasteiger partial charge in [-0.15, -0.1) is 0 Å². The van der Waals surface area contributed by atoms with Gasteiger partial charge in [0.1, 0.15) is 17.3 Å². The van der Waals surface area contributed by atoms with Gasteiger partial charge in [-0.3, -0.25) is 9.80 Å². The molecule has 0 aliphatic carbocycles. The number of aromatic nitrogens is 1. The van der Waals surface area contributed by atoms with Gasteiger partial charge in [-0.2, -0.15) is 10.5 Å². The Hall–Kier alpha value is -1.95. The Morgan fingerprint density at radius 3 is 2.55 bits per heavy atom. The molecular formula is C15H19N5. The van der Waals surface area contributed by atoms with E-state index in [1.54, 1.807) is 6.20 Å². The summed E-state index contributed by atoms with van der Waals surface area (Å²) in [6.45, 7) is 8.44. The van der Waals surface area contributed by atoms with Crippen LogP contribution in [0.3, 0.4) is 0 Å². The molecule has 104 valence electrons. The minimum absolute atomic E-state index is 0.392. The zero-order chi connectivity index (χ0) is 14.6. The first-order valence-electron chi connectivity index (χ1n) is 6.79. The third-order valence-corrected chi connectivity index (χ3v) is 3.78. The molecule has 0 atom stereocenters. The Kier molecular flexibility index (Phi) is 4.34. The average Bonchev–Trinajstić information content (AvgIpc) is 2.48. The second-order valence-corrected chi connectivity index (χ2v) is 5.60. The number of pyridine rings is 1. The molecule has 5 nitrogen and oxygen atoms in total. The van der Waals surface area contributed by atoms with E-state index in [0.29, 0.717) is 5.69 Å². The van der Waals surface area contributed by atoms with Crippen LogP contribution in [0, 0.1) is 22.7 Å². The van der Waals surface area contributed by atoms with E-state index < -0.39 is 5.54 Å². The summed E-state index contributed by atoms with van der Waals surface area (Å²) in [7, 11) is 0. The lowest BCUT2D eigenvalue weighted by Crippen LogP contribution is -2.53. The summed E-state index contributed by atoms with van der Waals surface area (Å²) in [4.78, 5) is 8.55. The van der Waals surface area contributed by atoms with E-state index >= 15 is 0 Å². The van der Waals surface area contributed by atoms with Crippen molar-refractivity contribution in [3.8, 4) is 12.1 Å². The van der Waals surface area contributed by atoms with Crippen molar-refractivity contribution < 1.29 is 0 Å². The number of piperazine rings is 1. The van der Waals surface area contributed by atoms with E-state index in [9.17, 15) is 0 Å². The molecule has 0 spiro atoms. The number of nitrogens with zero attached hydrogens (tertiary/aromatic N) is 5. The topological polar surface area (TPSA) is 67.0 Å². The van der Waals surface area contributed by atoms with Gasteiger partial charge in [0.2, 0.25) is 0 Å². The molecule has 1 saturated heterocycles. The SMILES string of the molecule is CC(C)(C#N)N1CCN(Cc2ccnc(C#N)c2)CC1. The molecule has 20 heavy (non-hydrogen) atoms. The maximum Gasteiger partial charge on any atom is 0.140 e. The van der Waals surface area contributed by atoms with Gasteiger partial charge in [0.05, 0.1) is 6.07 Å². The Labute approximate surface area is 120 Å². The summed E-state index contributed by atoms with van der Waals surface area (Å²) < 4.78 is 0. The van der Waals surface area contributed by atoms with Crippen molar-refractivity contribution in [3.05, 3.63) is 29.6 Å². The van der Waals surface area contributed by atoms with Gasteiger partial charge < -0.3 is 0 Å². The molecule has 1 aliphatic heterocycles. The molecule has 2 rings (SSSR count). The van der Waals surface area contributed by atoms with Crippen LogP contribution in [0.5, 0.6) is 0 Å². The minimum atomic E-state index is -0.392. The molecule has 1 aromatic heterocycles. The number of nitriles is 2. The molecule has 1 fully saturated rings. The summed E-state index contributed by atoms with van der Waals surface area (Å²) in [5, 5.41) is 18.0. The van der Waals surface area contributed by atoms with Gasteiger partial charge in [0.15, 0.2) is 0 Å².